The first kappa shape index (κ1) is 33.1. The Morgan fingerprint density at radius 2 is 0.464 bits per heavy atom. The Kier molecular flexibility index (Phi) is 8.51. The number of hydrogen-bond donors (Lipinski definition) is 0. The molecule has 0 aliphatic rings. The van der Waals surface area contributed by atoms with Gasteiger partial charge in [-0.25, -0.2) is 15.0 Å². The smallest absolute Gasteiger partial charge is 0.164 e. The molecular formula is C53H35N3. The molecule has 10 rings (SSSR count). The van der Waals surface area contributed by atoms with Gasteiger partial charge >= 0.3 is 0 Å². The van der Waals surface area contributed by atoms with Crippen LogP contribution in [-0.4, -0.2) is 15.0 Å². The summed E-state index contributed by atoms with van der Waals surface area (Å²) < 4.78 is 0. The van der Waals surface area contributed by atoms with Gasteiger partial charge < -0.3 is 0 Å². The third-order valence-corrected chi connectivity index (χ3v) is 10.5. The molecule has 0 unspecified atom stereocenters. The Labute approximate surface area is 326 Å². The summed E-state index contributed by atoms with van der Waals surface area (Å²) in [6.07, 6.45) is 0. The van der Waals surface area contributed by atoms with Gasteiger partial charge in [-0.15, -0.1) is 0 Å². The SMILES string of the molecule is c1ccc(-c2nc(-c3ccccc3)nc(-c3ccc(-c4ccc(-c5ccc6cc(-c7cccc(-c8ccc9ccccc9c8)c7)ccc6c5)cc4)cc3)n2)cc1. The van der Waals surface area contributed by atoms with E-state index in [4.69, 9.17) is 15.0 Å². The number of hydrogen-bond acceptors (Lipinski definition) is 3. The second kappa shape index (κ2) is 14.4. The first-order valence-electron chi connectivity index (χ1n) is 18.9. The van der Waals surface area contributed by atoms with Crippen LogP contribution < -0.4 is 0 Å². The molecular weight excluding hydrogens is 679 g/mol. The van der Waals surface area contributed by atoms with E-state index in [1.54, 1.807) is 0 Å². The lowest BCUT2D eigenvalue weighted by molar-refractivity contribution is 1.07. The van der Waals surface area contributed by atoms with E-state index in [-0.39, 0.29) is 0 Å². The van der Waals surface area contributed by atoms with Crippen LogP contribution in [0.5, 0.6) is 0 Å². The Hall–Kier alpha value is -7.49. The van der Waals surface area contributed by atoms with Crippen molar-refractivity contribution in [3.63, 3.8) is 0 Å². The molecule has 0 atom stereocenters. The summed E-state index contributed by atoms with van der Waals surface area (Å²) in [4.78, 5) is 14.6. The van der Waals surface area contributed by atoms with Crippen molar-refractivity contribution in [2.24, 2.45) is 0 Å². The fourth-order valence-electron chi connectivity index (χ4n) is 7.46. The van der Waals surface area contributed by atoms with Crippen LogP contribution in [0.1, 0.15) is 0 Å². The second-order valence-electron chi connectivity index (χ2n) is 14.1. The van der Waals surface area contributed by atoms with Crippen molar-refractivity contribution >= 4 is 21.5 Å². The molecule has 0 saturated heterocycles. The molecule has 0 spiro atoms. The van der Waals surface area contributed by atoms with Gasteiger partial charge in [0.1, 0.15) is 0 Å². The quantitative estimate of drug-likeness (QED) is 0.165. The van der Waals surface area contributed by atoms with E-state index in [0.717, 1.165) is 27.8 Å². The normalized spacial score (nSPS) is 11.2. The zero-order chi connectivity index (χ0) is 37.3. The molecule has 0 saturated carbocycles. The molecule has 1 aromatic heterocycles. The van der Waals surface area contributed by atoms with Crippen molar-refractivity contribution < 1.29 is 0 Å². The minimum absolute atomic E-state index is 0.651. The average molecular weight is 714 g/mol. The van der Waals surface area contributed by atoms with Crippen LogP contribution in [0.15, 0.2) is 212 Å². The maximum absolute atomic E-state index is 4.89. The average Bonchev–Trinajstić information content (AvgIpc) is 3.29. The second-order valence-corrected chi connectivity index (χ2v) is 14.1. The van der Waals surface area contributed by atoms with Crippen LogP contribution in [0.2, 0.25) is 0 Å². The molecule has 9 aromatic carbocycles. The summed E-state index contributed by atoms with van der Waals surface area (Å²) >= 11 is 0. The molecule has 56 heavy (non-hydrogen) atoms. The fraction of sp³-hybridized carbons (Fsp3) is 0. The molecule has 3 nitrogen and oxygen atoms in total. The summed E-state index contributed by atoms with van der Waals surface area (Å²) in [5.41, 5.74) is 12.4. The van der Waals surface area contributed by atoms with Crippen LogP contribution >= 0.6 is 0 Å². The van der Waals surface area contributed by atoms with E-state index in [2.05, 4.69) is 152 Å². The Morgan fingerprint density at radius 3 is 0.946 bits per heavy atom. The van der Waals surface area contributed by atoms with Crippen molar-refractivity contribution in [3.05, 3.63) is 212 Å². The molecule has 3 heteroatoms. The highest BCUT2D eigenvalue weighted by Gasteiger charge is 2.13. The van der Waals surface area contributed by atoms with Gasteiger partial charge in [-0.1, -0.05) is 188 Å². The van der Waals surface area contributed by atoms with Gasteiger partial charge in [-0.3, -0.25) is 0 Å². The molecule has 0 aliphatic carbocycles. The zero-order valence-electron chi connectivity index (χ0n) is 30.5. The molecule has 0 bridgehead atoms. The number of aromatic nitrogens is 3. The molecule has 0 radical (unpaired) electrons. The van der Waals surface area contributed by atoms with Crippen LogP contribution in [-0.2, 0) is 0 Å². The van der Waals surface area contributed by atoms with Crippen LogP contribution in [0, 0.1) is 0 Å². The number of benzene rings is 9. The number of rotatable bonds is 7. The molecule has 0 fully saturated rings. The maximum Gasteiger partial charge on any atom is 0.164 e. The Morgan fingerprint density at radius 1 is 0.179 bits per heavy atom. The standard InChI is InChI=1S/C53H35N3/c1-3-11-40(12-4-1)51-54-52(41-13-5-2-6-14-41)56-53(55-51)42-25-22-38(23-26-42)37-18-20-39(21-19-37)46-28-29-50-35-48(30-31-49(50)34-46)45-17-9-16-44(33-45)47-27-24-36-10-7-8-15-43(36)32-47/h1-35H. The Bertz CT molecular complexity index is 2930. The van der Waals surface area contributed by atoms with Crippen LogP contribution in [0.3, 0.4) is 0 Å². The molecule has 1 heterocycles. The van der Waals surface area contributed by atoms with Gasteiger partial charge in [0, 0.05) is 16.7 Å². The number of fused-ring (bicyclic) bond motifs is 2. The maximum atomic E-state index is 4.89. The largest absolute Gasteiger partial charge is 0.208 e. The molecule has 0 amide bonds. The lowest BCUT2D eigenvalue weighted by atomic mass is 9.94. The minimum atomic E-state index is 0.651. The first-order valence-corrected chi connectivity index (χ1v) is 18.9. The van der Waals surface area contributed by atoms with Crippen molar-refractivity contribution in [1.29, 1.82) is 0 Å². The van der Waals surface area contributed by atoms with Gasteiger partial charge in [0.25, 0.3) is 0 Å². The highest BCUT2D eigenvalue weighted by Crippen LogP contribution is 2.33. The summed E-state index contributed by atoms with van der Waals surface area (Å²) in [7, 11) is 0. The molecule has 0 N–H and O–H groups in total. The number of nitrogens with zero attached hydrogens (tertiary/aromatic N) is 3. The predicted octanol–water partition coefficient (Wildman–Crippen LogP) is 13.8. The van der Waals surface area contributed by atoms with E-state index >= 15 is 0 Å². The van der Waals surface area contributed by atoms with Crippen LogP contribution in [0.25, 0.3) is 100 Å². The lowest BCUT2D eigenvalue weighted by Gasteiger charge is -2.10. The summed E-state index contributed by atoms with van der Waals surface area (Å²) in [6, 6.07) is 75.0. The van der Waals surface area contributed by atoms with E-state index in [9.17, 15) is 0 Å². The monoisotopic (exact) mass is 713 g/mol. The van der Waals surface area contributed by atoms with Gasteiger partial charge in [0.05, 0.1) is 0 Å². The van der Waals surface area contributed by atoms with Gasteiger partial charge in [0.15, 0.2) is 17.5 Å². The third-order valence-electron chi connectivity index (χ3n) is 10.5. The first-order chi connectivity index (χ1) is 27.7. The van der Waals surface area contributed by atoms with Crippen molar-refractivity contribution in [1.82, 2.24) is 15.0 Å². The van der Waals surface area contributed by atoms with Crippen molar-refractivity contribution in [2.45, 2.75) is 0 Å². The van der Waals surface area contributed by atoms with E-state index < -0.39 is 0 Å². The van der Waals surface area contributed by atoms with Crippen LogP contribution in [0.4, 0.5) is 0 Å². The third kappa shape index (κ3) is 6.63. The van der Waals surface area contributed by atoms with E-state index in [1.165, 1.54) is 54.9 Å². The molecule has 262 valence electrons. The summed E-state index contributed by atoms with van der Waals surface area (Å²) in [5, 5.41) is 4.97. The zero-order valence-corrected chi connectivity index (χ0v) is 30.5. The van der Waals surface area contributed by atoms with Crippen molar-refractivity contribution in [2.75, 3.05) is 0 Å². The van der Waals surface area contributed by atoms with Gasteiger partial charge in [-0.2, -0.15) is 0 Å². The fourth-order valence-corrected chi connectivity index (χ4v) is 7.46. The molecule has 0 aliphatic heterocycles. The Balaban J connectivity index is 0.886. The van der Waals surface area contributed by atoms with Gasteiger partial charge in [0.2, 0.25) is 0 Å². The van der Waals surface area contributed by atoms with Crippen molar-refractivity contribution in [3.8, 4) is 78.7 Å². The summed E-state index contributed by atoms with van der Waals surface area (Å²) in [6.45, 7) is 0. The highest BCUT2D eigenvalue weighted by atomic mass is 15.0. The molecule has 10 aromatic rings. The topological polar surface area (TPSA) is 38.7 Å². The van der Waals surface area contributed by atoms with E-state index in [1.807, 2.05) is 60.7 Å². The summed E-state index contributed by atoms with van der Waals surface area (Å²) in [5.74, 6) is 1.97. The minimum Gasteiger partial charge on any atom is -0.208 e. The lowest BCUT2D eigenvalue weighted by Crippen LogP contribution is -2.00. The van der Waals surface area contributed by atoms with E-state index in [0.29, 0.717) is 17.5 Å². The van der Waals surface area contributed by atoms with Gasteiger partial charge in [-0.05, 0) is 90.3 Å². The predicted molar refractivity (Wildman–Crippen MR) is 233 cm³/mol. The highest BCUT2D eigenvalue weighted by molar-refractivity contribution is 5.92.